The normalized spacial score (nSPS) is 24.8. The third-order valence-electron chi connectivity index (χ3n) is 2.41. The second-order valence-corrected chi connectivity index (χ2v) is 4.45. The molecule has 2 rings (SSSR count). The molecule has 0 saturated heterocycles. The number of hydrogen-bond acceptors (Lipinski definition) is 3. The second-order valence-electron chi connectivity index (χ2n) is 4.01. The fourth-order valence-corrected chi connectivity index (χ4v) is 1.81. The van der Waals surface area contributed by atoms with Crippen molar-refractivity contribution in [2.45, 2.75) is 18.9 Å². The molecule has 0 saturated carbocycles. The minimum atomic E-state index is -0.308. The van der Waals surface area contributed by atoms with Crippen molar-refractivity contribution in [3.63, 3.8) is 0 Å². The van der Waals surface area contributed by atoms with Crippen molar-refractivity contribution in [3.8, 4) is 0 Å². The summed E-state index contributed by atoms with van der Waals surface area (Å²) in [6.07, 6.45) is 0.786. The largest absolute Gasteiger partial charge is 0.457 e. The molecule has 4 heteroatoms. The predicted octanol–water partition coefficient (Wildman–Crippen LogP) is 1.99. The van der Waals surface area contributed by atoms with Crippen molar-refractivity contribution < 1.29 is 4.74 Å². The maximum Gasteiger partial charge on any atom is 0.282 e. The Labute approximate surface area is 93.9 Å². The number of halogens is 1. The highest BCUT2D eigenvalue weighted by molar-refractivity contribution is 6.30. The first-order valence-electron chi connectivity index (χ1n) is 4.81. The lowest BCUT2D eigenvalue weighted by Crippen LogP contribution is -2.33. The maximum atomic E-state index is 5.81. The number of nitrogens with zero attached hydrogens (tertiary/aromatic N) is 1. The molecule has 0 radical (unpaired) electrons. The molecule has 2 N–H and O–H groups in total. The van der Waals surface area contributed by atoms with Gasteiger partial charge in [-0.05, 0) is 24.6 Å². The summed E-state index contributed by atoms with van der Waals surface area (Å²) in [6, 6.07) is 8.02. The fraction of sp³-hybridized carbons (Fsp3) is 0.364. The second kappa shape index (κ2) is 3.74. The molecule has 1 aromatic rings. The van der Waals surface area contributed by atoms with Gasteiger partial charge in [0.1, 0.15) is 5.60 Å². The first-order valence-corrected chi connectivity index (χ1v) is 5.19. The third-order valence-corrected chi connectivity index (χ3v) is 2.66. The van der Waals surface area contributed by atoms with E-state index in [9.17, 15) is 0 Å². The molecular formula is C11H13ClN2O. The van der Waals surface area contributed by atoms with Crippen LogP contribution < -0.4 is 5.73 Å². The van der Waals surface area contributed by atoms with Gasteiger partial charge >= 0.3 is 0 Å². The predicted molar refractivity (Wildman–Crippen MR) is 61.1 cm³/mol. The minimum Gasteiger partial charge on any atom is -0.457 e. The van der Waals surface area contributed by atoms with Crippen LogP contribution in [0.2, 0.25) is 5.02 Å². The summed E-state index contributed by atoms with van der Waals surface area (Å²) in [7, 11) is 0. The van der Waals surface area contributed by atoms with E-state index in [0.29, 0.717) is 6.54 Å². The van der Waals surface area contributed by atoms with Gasteiger partial charge in [0, 0.05) is 11.4 Å². The Balaban J connectivity index is 2.06. The molecule has 0 amide bonds. The third kappa shape index (κ3) is 2.42. The molecule has 0 bridgehead atoms. The maximum absolute atomic E-state index is 5.81. The van der Waals surface area contributed by atoms with E-state index in [1.165, 1.54) is 5.56 Å². The zero-order valence-electron chi connectivity index (χ0n) is 8.53. The molecule has 1 heterocycles. The molecule has 3 nitrogen and oxygen atoms in total. The highest BCUT2D eigenvalue weighted by Crippen LogP contribution is 2.23. The van der Waals surface area contributed by atoms with Gasteiger partial charge in [0.05, 0.1) is 6.54 Å². The number of benzene rings is 1. The molecule has 15 heavy (non-hydrogen) atoms. The topological polar surface area (TPSA) is 47.6 Å². The summed E-state index contributed by atoms with van der Waals surface area (Å²) in [4.78, 5) is 4.05. The summed E-state index contributed by atoms with van der Waals surface area (Å²) < 4.78 is 5.48. The molecular weight excluding hydrogens is 212 g/mol. The molecule has 1 atom stereocenters. The van der Waals surface area contributed by atoms with Crippen LogP contribution in [0.25, 0.3) is 0 Å². The van der Waals surface area contributed by atoms with Gasteiger partial charge in [-0.25, -0.2) is 4.99 Å². The number of nitrogens with two attached hydrogens (primary N) is 1. The van der Waals surface area contributed by atoms with Gasteiger partial charge < -0.3 is 10.5 Å². The van der Waals surface area contributed by atoms with Crippen molar-refractivity contribution in [2.24, 2.45) is 10.7 Å². The molecule has 1 unspecified atom stereocenters. The van der Waals surface area contributed by atoms with E-state index in [4.69, 9.17) is 22.1 Å². The van der Waals surface area contributed by atoms with Crippen LogP contribution in [0.5, 0.6) is 0 Å². The van der Waals surface area contributed by atoms with E-state index in [2.05, 4.69) is 4.99 Å². The summed E-state index contributed by atoms with van der Waals surface area (Å²) in [5.41, 5.74) is 6.36. The Morgan fingerprint density at radius 1 is 1.47 bits per heavy atom. The lowest BCUT2D eigenvalue weighted by molar-refractivity contribution is 0.107. The van der Waals surface area contributed by atoms with Crippen molar-refractivity contribution in [1.82, 2.24) is 0 Å². The van der Waals surface area contributed by atoms with Gasteiger partial charge in [-0.2, -0.15) is 0 Å². The average molecular weight is 225 g/mol. The number of hydrogen-bond donors (Lipinski definition) is 1. The molecule has 0 fully saturated rings. The molecule has 1 aliphatic heterocycles. The highest BCUT2D eigenvalue weighted by atomic mass is 35.5. The van der Waals surface area contributed by atoms with Gasteiger partial charge in [-0.1, -0.05) is 23.7 Å². The first-order chi connectivity index (χ1) is 7.07. The molecule has 0 spiro atoms. The van der Waals surface area contributed by atoms with Crippen LogP contribution in [-0.4, -0.2) is 18.2 Å². The van der Waals surface area contributed by atoms with Crippen molar-refractivity contribution in [2.75, 3.05) is 6.54 Å². The van der Waals surface area contributed by atoms with Crippen LogP contribution >= 0.6 is 11.6 Å². The number of rotatable bonds is 2. The van der Waals surface area contributed by atoms with E-state index >= 15 is 0 Å². The molecule has 0 aliphatic carbocycles. The zero-order valence-corrected chi connectivity index (χ0v) is 9.29. The fourth-order valence-electron chi connectivity index (χ4n) is 1.69. The van der Waals surface area contributed by atoms with E-state index in [1.807, 2.05) is 31.2 Å². The highest BCUT2D eigenvalue weighted by Gasteiger charge is 2.32. The lowest BCUT2D eigenvalue weighted by atomic mass is 9.97. The molecule has 1 aromatic carbocycles. The number of amidine groups is 1. The quantitative estimate of drug-likeness (QED) is 0.835. The van der Waals surface area contributed by atoms with Crippen molar-refractivity contribution in [3.05, 3.63) is 34.9 Å². The molecule has 80 valence electrons. The van der Waals surface area contributed by atoms with Gasteiger partial charge in [-0.3, -0.25) is 0 Å². The molecule has 1 aliphatic rings. The zero-order chi connectivity index (χ0) is 10.9. The summed E-state index contributed by atoms with van der Waals surface area (Å²) in [6.45, 7) is 2.62. The van der Waals surface area contributed by atoms with E-state index in [0.717, 1.165) is 11.4 Å². The Kier molecular flexibility index (Phi) is 2.57. The minimum absolute atomic E-state index is 0.284. The first kappa shape index (κ1) is 10.3. The van der Waals surface area contributed by atoms with Gasteiger partial charge in [0.25, 0.3) is 6.02 Å². The number of aliphatic imine (C=N–C) groups is 1. The van der Waals surface area contributed by atoms with Crippen molar-refractivity contribution >= 4 is 17.6 Å². The molecule has 0 aromatic heterocycles. The van der Waals surface area contributed by atoms with Gasteiger partial charge in [0.2, 0.25) is 0 Å². The van der Waals surface area contributed by atoms with Crippen LogP contribution in [0.15, 0.2) is 29.3 Å². The summed E-state index contributed by atoms with van der Waals surface area (Å²) in [5.74, 6) is 0. The van der Waals surface area contributed by atoms with E-state index in [1.54, 1.807) is 0 Å². The standard InChI is InChI=1S/C11H13ClN2O/c1-11(7-14-10(13)15-11)6-8-2-4-9(12)5-3-8/h2-5H,6-7H2,1H3,(H2,13,14). The Hall–Kier alpha value is -1.22. The average Bonchev–Trinajstić information content (AvgIpc) is 2.50. The Morgan fingerprint density at radius 2 is 2.13 bits per heavy atom. The summed E-state index contributed by atoms with van der Waals surface area (Å²) in [5, 5.41) is 0.743. The van der Waals surface area contributed by atoms with Crippen LogP contribution in [0.4, 0.5) is 0 Å². The SMILES string of the molecule is CC1(Cc2ccc(Cl)cc2)CN=C(N)O1. The number of ether oxygens (including phenoxy) is 1. The van der Waals surface area contributed by atoms with Crippen LogP contribution in [-0.2, 0) is 11.2 Å². The lowest BCUT2D eigenvalue weighted by Gasteiger charge is -2.22. The Morgan fingerprint density at radius 3 is 2.67 bits per heavy atom. The van der Waals surface area contributed by atoms with Crippen molar-refractivity contribution in [1.29, 1.82) is 0 Å². The van der Waals surface area contributed by atoms with E-state index in [-0.39, 0.29) is 11.6 Å². The van der Waals surface area contributed by atoms with Crippen LogP contribution in [0.1, 0.15) is 12.5 Å². The smallest absolute Gasteiger partial charge is 0.282 e. The van der Waals surface area contributed by atoms with E-state index < -0.39 is 0 Å². The summed E-state index contributed by atoms with van der Waals surface area (Å²) >= 11 is 5.81. The van der Waals surface area contributed by atoms with Gasteiger partial charge in [-0.15, -0.1) is 0 Å². The van der Waals surface area contributed by atoms with Gasteiger partial charge in [0.15, 0.2) is 0 Å². The van der Waals surface area contributed by atoms with Crippen LogP contribution in [0.3, 0.4) is 0 Å². The monoisotopic (exact) mass is 224 g/mol. The van der Waals surface area contributed by atoms with Crippen LogP contribution in [0, 0.1) is 0 Å². The Bertz CT molecular complexity index is 388.